The Morgan fingerprint density at radius 2 is 1.81 bits per heavy atom. The van der Waals surface area contributed by atoms with Gasteiger partial charge < -0.3 is 14.8 Å². The first-order valence-electron chi connectivity index (χ1n) is 10.3. The minimum absolute atomic E-state index is 0.126. The number of aromatic nitrogens is 1. The number of hydrogen-bond donors (Lipinski definition) is 1. The zero-order valence-corrected chi connectivity index (χ0v) is 18.4. The Kier molecular flexibility index (Phi) is 10.0. The van der Waals surface area contributed by atoms with Crippen LogP contribution in [0.1, 0.15) is 49.7 Å². The third-order valence-electron chi connectivity index (χ3n) is 4.38. The van der Waals surface area contributed by atoms with Crippen LogP contribution in [0.25, 0.3) is 0 Å². The van der Waals surface area contributed by atoms with Crippen LogP contribution in [0.15, 0.2) is 72.0 Å². The molecule has 1 N–H and O–H groups in total. The third kappa shape index (κ3) is 9.30. The van der Waals surface area contributed by atoms with E-state index in [0.29, 0.717) is 12.4 Å². The molecule has 0 unspecified atom stereocenters. The quantitative estimate of drug-likeness (QED) is 0.422. The van der Waals surface area contributed by atoms with Crippen LogP contribution in [0.5, 0.6) is 5.75 Å². The van der Waals surface area contributed by atoms with Crippen molar-refractivity contribution in [2.45, 2.75) is 40.2 Å². The second-order valence-corrected chi connectivity index (χ2v) is 7.36. The Morgan fingerprint density at radius 1 is 1.03 bits per heavy atom. The molecule has 0 spiro atoms. The predicted octanol–water partition coefficient (Wildman–Crippen LogP) is 4.63. The van der Waals surface area contributed by atoms with Crippen molar-refractivity contribution >= 4 is 11.9 Å². The molecule has 1 aromatic carbocycles. The molecule has 0 saturated heterocycles. The molecule has 1 amide bonds. The number of amides is 1. The van der Waals surface area contributed by atoms with E-state index >= 15 is 0 Å². The normalized spacial score (nSPS) is 10.9. The van der Waals surface area contributed by atoms with E-state index in [4.69, 9.17) is 9.47 Å². The number of allylic oxidation sites excluding steroid dienone is 3. The zero-order chi connectivity index (χ0) is 22.5. The van der Waals surface area contributed by atoms with E-state index in [-0.39, 0.29) is 18.8 Å². The fourth-order valence-corrected chi connectivity index (χ4v) is 2.67. The van der Waals surface area contributed by atoms with Gasteiger partial charge in [-0.25, -0.2) is 4.98 Å². The number of carbonyl (C=O) groups is 2. The van der Waals surface area contributed by atoms with Gasteiger partial charge in [0.2, 0.25) is 0 Å². The maximum absolute atomic E-state index is 12.5. The van der Waals surface area contributed by atoms with Gasteiger partial charge in [0, 0.05) is 6.20 Å². The van der Waals surface area contributed by atoms with Crippen molar-refractivity contribution in [3.8, 4) is 5.75 Å². The Morgan fingerprint density at radius 3 is 2.55 bits per heavy atom. The summed E-state index contributed by atoms with van der Waals surface area (Å²) in [5, 5.41) is 2.54. The summed E-state index contributed by atoms with van der Waals surface area (Å²) in [5.41, 5.74) is 3.55. The monoisotopic (exact) mass is 422 g/mol. The van der Waals surface area contributed by atoms with Crippen molar-refractivity contribution in [2.24, 2.45) is 0 Å². The average molecular weight is 423 g/mol. The van der Waals surface area contributed by atoms with E-state index in [0.717, 1.165) is 24.0 Å². The summed E-state index contributed by atoms with van der Waals surface area (Å²) < 4.78 is 10.9. The standard InChI is InChI=1S/C25H30N2O4/c1-19(2)9-7-10-20(3)14-16-30-23(28)17-27-25(29)24-22(13-8-15-26-24)31-18-21-11-5-4-6-12-21/h4-6,8-9,11-15H,7,10,16-18H2,1-3H3,(H,27,29). The molecule has 0 radical (unpaired) electrons. The molecule has 2 rings (SSSR count). The molecule has 0 bridgehead atoms. The van der Waals surface area contributed by atoms with Crippen LogP contribution in [-0.4, -0.2) is 30.0 Å². The van der Waals surface area contributed by atoms with Crippen LogP contribution in [-0.2, 0) is 16.1 Å². The van der Waals surface area contributed by atoms with Crippen LogP contribution in [0.4, 0.5) is 0 Å². The lowest BCUT2D eigenvalue weighted by Crippen LogP contribution is -2.31. The van der Waals surface area contributed by atoms with Crippen LogP contribution >= 0.6 is 0 Å². The Bertz CT molecular complexity index is 916. The SMILES string of the molecule is CC(C)=CCCC(C)=CCOC(=O)CNC(=O)c1ncccc1OCc1ccccc1. The molecular formula is C25H30N2O4. The van der Waals surface area contributed by atoms with Crippen molar-refractivity contribution in [2.75, 3.05) is 13.2 Å². The highest BCUT2D eigenvalue weighted by atomic mass is 16.5. The third-order valence-corrected chi connectivity index (χ3v) is 4.38. The highest BCUT2D eigenvalue weighted by Crippen LogP contribution is 2.17. The van der Waals surface area contributed by atoms with Crippen LogP contribution < -0.4 is 10.1 Å². The average Bonchev–Trinajstić information content (AvgIpc) is 2.76. The Labute approximate surface area is 184 Å². The number of hydrogen-bond acceptors (Lipinski definition) is 5. The van der Waals surface area contributed by atoms with Crippen molar-refractivity contribution in [3.63, 3.8) is 0 Å². The maximum Gasteiger partial charge on any atom is 0.325 e. The first kappa shape index (κ1) is 23.9. The highest BCUT2D eigenvalue weighted by molar-refractivity contribution is 5.96. The zero-order valence-electron chi connectivity index (χ0n) is 18.4. The fourth-order valence-electron chi connectivity index (χ4n) is 2.67. The lowest BCUT2D eigenvalue weighted by atomic mass is 10.1. The molecule has 6 nitrogen and oxygen atoms in total. The molecule has 2 aromatic rings. The molecule has 1 heterocycles. The van der Waals surface area contributed by atoms with Crippen molar-refractivity contribution in [3.05, 3.63) is 83.2 Å². The van der Waals surface area contributed by atoms with E-state index in [1.807, 2.05) is 43.3 Å². The summed E-state index contributed by atoms with van der Waals surface area (Å²) in [5.74, 6) is -0.648. The van der Waals surface area contributed by atoms with Crippen LogP contribution in [0.3, 0.4) is 0 Å². The number of rotatable bonds is 11. The summed E-state index contributed by atoms with van der Waals surface area (Å²) in [4.78, 5) is 28.5. The fraction of sp³-hybridized carbons (Fsp3) is 0.320. The van der Waals surface area contributed by atoms with E-state index in [1.165, 1.54) is 11.8 Å². The molecule has 0 aliphatic heterocycles. The number of benzene rings is 1. The molecule has 6 heteroatoms. The summed E-state index contributed by atoms with van der Waals surface area (Å²) in [6.45, 7) is 6.40. The smallest absolute Gasteiger partial charge is 0.325 e. The number of esters is 1. The number of ether oxygens (including phenoxy) is 2. The van der Waals surface area contributed by atoms with Gasteiger partial charge >= 0.3 is 5.97 Å². The predicted molar refractivity (Wildman–Crippen MR) is 121 cm³/mol. The van der Waals surface area contributed by atoms with Gasteiger partial charge in [0.25, 0.3) is 5.91 Å². The van der Waals surface area contributed by atoms with Crippen molar-refractivity contribution in [1.29, 1.82) is 0 Å². The summed E-state index contributed by atoms with van der Waals surface area (Å²) in [6.07, 6.45) is 7.45. The van der Waals surface area contributed by atoms with Gasteiger partial charge in [-0.3, -0.25) is 9.59 Å². The number of nitrogens with zero attached hydrogens (tertiary/aromatic N) is 1. The Balaban J connectivity index is 1.79. The first-order valence-corrected chi connectivity index (χ1v) is 10.3. The van der Waals surface area contributed by atoms with E-state index in [1.54, 1.807) is 12.1 Å². The maximum atomic E-state index is 12.5. The van der Waals surface area contributed by atoms with Crippen molar-refractivity contribution in [1.82, 2.24) is 10.3 Å². The van der Waals surface area contributed by atoms with Gasteiger partial charge in [-0.05, 0) is 57.4 Å². The van der Waals surface area contributed by atoms with E-state index in [2.05, 4.69) is 30.2 Å². The number of carbonyl (C=O) groups excluding carboxylic acids is 2. The molecule has 164 valence electrons. The second-order valence-electron chi connectivity index (χ2n) is 7.36. The van der Waals surface area contributed by atoms with Crippen LogP contribution in [0.2, 0.25) is 0 Å². The summed E-state index contributed by atoms with van der Waals surface area (Å²) >= 11 is 0. The molecule has 0 fully saturated rings. The van der Waals surface area contributed by atoms with Gasteiger partial charge in [-0.2, -0.15) is 0 Å². The summed E-state index contributed by atoms with van der Waals surface area (Å²) in [6, 6.07) is 13.0. The first-order chi connectivity index (χ1) is 15.0. The minimum atomic E-state index is -0.510. The topological polar surface area (TPSA) is 77.5 Å². The van der Waals surface area contributed by atoms with E-state index < -0.39 is 11.9 Å². The van der Waals surface area contributed by atoms with Gasteiger partial charge in [0.1, 0.15) is 19.8 Å². The molecule has 0 aliphatic rings. The van der Waals surface area contributed by atoms with Crippen molar-refractivity contribution < 1.29 is 19.1 Å². The number of nitrogens with one attached hydrogen (secondary N) is 1. The molecule has 0 aliphatic carbocycles. The number of pyridine rings is 1. The largest absolute Gasteiger partial charge is 0.486 e. The van der Waals surface area contributed by atoms with Gasteiger partial charge in [-0.1, -0.05) is 47.6 Å². The van der Waals surface area contributed by atoms with Gasteiger partial charge in [0.15, 0.2) is 11.4 Å². The second kappa shape index (κ2) is 13.0. The molecule has 0 saturated carbocycles. The Hall–Kier alpha value is -3.41. The lowest BCUT2D eigenvalue weighted by molar-refractivity contribution is -0.141. The van der Waals surface area contributed by atoms with Gasteiger partial charge in [0.05, 0.1) is 0 Å². The molecule has 1 aromatic heterocycles. The molecular weight excluding hydrogens is 392 g/mol. The lowest BCUT2D eigenvalue weighted by Gasteiger charge is -2.11. The van der Waals surface area contributed by atoms with E-state index in [9.17, 15) is 9.59 Å². The van der Waals surface area contributed by atoms with Gasteiger partial charge in [-0.15, -0.1) is 0 Å². The molecule has 31 heavy (non-hydrogen) atoms. The minimum Gasteiger partial charge on any atom is -0.486 e. The van der Waals surface area contributed by atoms with Crippen LogP contribution in [0, 0.1) is 0 Å². The summed E-state index contributed by atoms with van der Waals surface area (Å²) in [7, 11) is 0. The highest BCUT2D eigenvalue weighted by Gasteiger charge is 2.15. The molecule has 0 atom stereocenters.